The highest BCUT2D eigenvalue weighted by molar-refractivity contribution is 8.00. The van der Waals surface area contributed by atoms with Gasteiger partial charge in [0.25, 0.3) is 5.91 Å². The standard InChI is InChI=1S/C12H15N5OS/c1-2-3-11-16(6-7-19-11)12(18)9-4-5-10-13-14-15-17(10)8-9/h4-5,8,11H,2-3,6-7H2,1H3/t11-/m1/s1. The monoisotopic (exact) mass is 277 g/mol. The van der Waals surface area contributed by atoms with E-state index in [0.717, 1.165) is 25.1 Å². The van der Waals surface area contributed by atoms with Gasteiger partial charge in [0.1, 0.15) is 0 Å². The smallest absolute Gasteiger partial charge is 0.256 e. The average molecular weight is 277 g/mol. The quantitative estimate of drug-likeness (QED) is 0.849. The molecule has 1 aliphatic rings. The zero-order chi connectivity index (χ0) is 13.2. The molecule has 0 aliphatic carbocycles. The van der Waals surface area contributed by atoms with Crippen molar-refractivity contribution < 1.29 is 4.79 Å². The predicted molar refractivity (Wildman–Crippen MR) is 73.0 cm³/mol. The van der Waals surface area contributed by atoms with Crippen molar-refractivity contribution in [3.63, 3.8) is 0 Å². The van der Waals surface area contributed by atoms with E-state index in [1.807, 2.05) is 16.7 Å². The highest BCUT2D eigenvalue weighted by Crippen LogP contribution is 2.28. The minimum atomic E-state index is 0.0702. The summed E-state index contributed by atoms with van der Waals surface area (Å²) in [4.78, 5) is 14.5. The highest BCUT2D eigenvalue weighted by atomic mass is 32.2. The van der Waals surface area contributed by atoms with Crippen molar-refractivity contribution in [1.82, 2.24) is 24.9 Å². The van der Waals surface area contributed by atoms with E-state index in [4.69, 9.17) is 0 Å². The van der Waals surface area contributed by atoms with Crippen molar-refractivity contribution in [2.24, 2.45) is 0 Å². The van der Waals surface area contributed by atoms with Gasteiger partial charge in [-0.05, 0) is 29.0 Å². The van der Waals surface area contributed by atoms with Crippen LogP contribution in [0.2, 0.25) is 0 Å². The number of hydrogen-bond acceptors (Lipinski definition) is 5. The minimum absolute atomic E-state index is 0.0702. The Labute approximate surface area is 115 Å². The topological polar surface area (TPSA) is 63.4 Å². The molecule has 100 valence electrons. The lowest BCUT2D eigenvalue weighted by molar-refractivity contribution is 0.0756. The number of pyridine rings is 1. The second kappa shape index (κ2) is 5.16. The molecule has 0 unspecified atom stereocenters. The molecule has 0 radical (unpaired) electrons. The second-order valence-electron chi connectivity index (χ2n) is 4.51. The summed E-state index contributed by atoms with van der Waals surface area (Å²) in [5.41, 5.74) is 1.29. The number of carbonyl (C=O) groups is 1. The second-order valence-corrected chi connectivity index (χ2v) is 5.80. The molecule has 19 heavy (non-hydrogen) atoms. The van der Waals surface area contributed by atoms with Gasteiger partial charge >= 0.3 is 0 Å². The van der Waals surface area contributed by atoms with Crippen molar-refractivity contribution in [3.8, 4) is 0 Å². The Hall–Kier alpha value is -1.63. The molecule has 1 amide bonds. The molecule has 0 N–H and O–H groups in total. The number of hydrogen-bond donors (Lipinski definition) is 0. The maximum absolute atomic E-state index is 12.5. The van der Waals surface area contributed by atoms with Crippen molar-refractivity contribution in [1.29, 1.82) is 0 Å². The number of thioether (sulfide) groups is 1. The van der Waals surface area contributed by atoms with Gasteiger partial charge in [0.2, 0.25) is 0 Å². The summed E-state index contributed by atoms with van der Waals surface area (Å²) < 4.78 is 1.53. The largest absolute Gasteiger partial charge is 0.326 e. The lowest BCUT2D eigenvalue weighted by Crippen LogP contribution is -2.34. The van der Waals surface area contributed by atoms with E-state index in [-0.39, 0.29) is 5.91 Å². The first kappa shape index (κ1) is 12.4. The molecule has 0 aromatic carbocycles. The number of aromatic nitrogens is 4. The summed E-state index contributed by atoms with van der Waals surface area (Å²) in [5.74, 6) is 1.09. The summed E-state index contributed by atoms with van der Waals surface area (Å²) >= 11 is 1.86. The van der Waals surface area contributed by atoms with E-state index >= 15 is 0 Å². The Morgan fingerprint density at radius 2 is 2.42 bits per heavy atom. The molecular formula is C12H15N5OS. The summed E-state index contributed by atoms with van der Waals surface area (Å²) in [7, 11) is 0. The van der Waals surface area contributed by atoms with Crippen LogP contribution in [0.3, 0.4) is 0 Å². The molecule has 1 saturated heterocycles. The molecule has 3 heterocycles. The van der Waals surface area contributed by atoms with Crippen LogP contribution >= 0.6 is 11.8 Å². The molecule has 1 aliphatic heterocycles. The van der Waals surface area contributed by atoms with E-state index in [1.165, 1.54) is 4.52 Å². The Morgan fingerprint density at radius 3 is 3.26 bits per heavy atom. The number of amides is 1. The molecular weight excluding hydrogens is 262 g/mol. The van der Waals surface area contributed by atoms with Gasteiger partial charge in [-0.15, -0.1) is 16.9 Å². The van der Waals surface area contributed by atoms with Crippen LogP contribution in [0.5, 0.6) is 0 Å². The van der Waals surface area contributed by atoms with Crippen LogP contribution in [0.25, 0.3) is 5.65 Å². The summed E-state index contributed by atoms with van der Waals surface area (Å²) in [5, 5.41) is 11.5. The first-order valence-corrected chi connectivity index (χ1v) is 7.45. The van der Waals surface area contributed by atoms with Crippen LogP contribution in [-0.2, 0) is 0 Å². The number of fused-ring (bicyclic) bond motifs is 1. The van der Waals surface area contributed by atoms with E-state index in [0.29, 0.717) is 16.6 Å². The molecule has 0 spiro atoms. The Morgan fingerprint density at radius 1 is 1.53 bits per heavy atom. The third-order valence-corrected chi connectivity index (χ3v) is 4.52. The molecule has 1 fully saturated rings. The third-order valence-electron chi connectivity index (χ3n) is 3.23. The van der Waals surface area contributed by atoms with Gasteiger partial charge in [-0.25, -0.2) is 0 Å². The fraction of sp³-hybridized carbons (Fsp3) is 0.500. The molecule has 3 rings (SSSR count). The summed E-state index contributed by atoms with van der Waals surface area (Å²) in [6.07, 6.45) is 3.83. The van der Waals surface area contributed by atoms with Crippen molar-refractivity contribution in [3.05, 3.63) is 23.9 Å². The Bertz CT molecular complexity index is 599. The van der Waals surface area contributed by atoms with E-state index in [1.54, 1.807) is 18.3 Å². The normalized spacial score (nSPS) is 19.2. The van der Waals surface area contributed by atoms with E-state index < -0.39 is 0 Å². The molecule has 2 aromatic rings. The minimum Gasteiger partial charge on any atom is -0.326 e. The molecule has 1 atom stereocenters. The first-order valence-electron chi connectivity index (χ1n) is 6.40. The van der Waals surface area contributed by atoms with Crippen molar-refractivity contribution in [2.45, 2.75) is 25.1 Å². The Kier molecular flexibility index (Phi) is 3.37. The Balaban J connectivity index is 1.86. The molecule has 6 nitrogen and oxygen atoms in total. The van der Waals surface area contributed by atoms with Crippen LogP contribution in [0.4, 0.5) is 0 Å². The summed E-state index contributed by atoms with van der Waals surface area (Å²) in [6.45, 7) is 2.97. The van der Waals surface area contributed by atoms with Crippen LogP contribution in [0, 0.1) is 0 Å². The maximum atomic E-state index is 12.5. The predicted octanol–water partition coefficient (Wildman–Crippen LogP) is 1.44. The lowest BCUT2D eigenvalue weighted by atomic mass is 10.2. The van der Waals surface area contributed by atoms with Crippen LogP contribution in [-0.4, -0.2) is 48.5 Å². The number of rotatable bonds is 3. The van der Waals surface area contributed by atoms with Crippen LogP contribution < -0.4 is 0 Å². The maximum Gasteiger partial charge on any atom is 0.256 e. The summed E-state index contributed by atoms with van der Waals surface area (Å²) in [6, 6.07) is 3.56. The van der Waals surface area contributed by atoms with Crippen molar-refractivity contribution in [2.75, 3.05) is 12.3 Å². The molecule has 0 bridgehead atoms. The average Bonchev–Trinajstić information content (AvgIpc) is 3.05. The first-order chi connectivity index (χ1) is 9.29. The number of carbonyl (C=O) groups excluding carboxylic acids is 1. The van der Waals surface area contributed by atoms with Crippen LogP contribution in [0.1, 0.15) is 30.1 Å². The van der Waals surface area contributed by atoms with Crippen LogP contribution in [0.15, 0.2) is 18.3 Å². The zero-order valence-electron chi connectivity index (χ0n) is 10.7. The number of nitrogens with zero attached hydrogens (tertiary/aromatic N) is 5. The van der Waals surface area contributed by atoms with Gasteiger partial charge in [0.05, 0.1) is 10.9 Å². The zero-order valence-corrected chi connectivity index (χ0v) is 11.5. The van der Waals surface area contributed by atoms with Gasteiger partial charge in [0.15, 0.2) is 5.65 Å². The lowest BCUT2D eigenvalue weighted by Gasteiger charge is -2.23. The molecule has 2 aromatic heterocycles. The number of tetrazole rings is 1. The van der Waals surface area contributed by atoms with Gasteiger partial charge in [-0.3, -0.25) is 4.79 Å². The fourth-order valence-electron chi connectivity index (χ4n) is 2.27. The molecule has 7 heteroatoms. The van der Waals surface area contributed by atoms with Gasteiger partial charge < -0.3 is 4.90 Å². The van der Waals surface area contributed by atoms with E-state index in [9.17, 15) is 4.79 Å². The van der Waals surface area contributed by atoms with Gasteiger partial charge in [0, 0.05) is 18.5 Å². The SMILES string of the molecule is CCC[C@H]1SCCN1C(=O)c1ccc2nnnn2c1. The van der Waals surface area contributed by atoms with Crippen molar-refractivity contribution >= 4 is 23.3 Å². The van der Waals surface area contributed by atoms with Gasteiger partial charge in [-0.1, -0.05) is 13.3 Å². The van der Waals surface area contributed by atoms with Gasteiger partial charge in [-0.2, -0.15) is 4.52 Å². The third kappa shape index (κ3) is 2.30. The van der Waals surface area contributed by atoms with E-state index in [2.05, 4.69) is 22.4 Å². The highest BCUT2D eigenvalue weighted by Gasteiger charge is 2.29. The fourth-order valence-corrected chi connectivity index (χ4v) is 3.63. The molecule has 0 saturated carbocycles.